The number of hydrogen-bond acceptors (Lipinski definition) is 2. The van der Waals surface area contributed by atoms with Gasteiger partial charge in [-0.1, -0.05) is 61.9 Å². The van der Waals surface area contributed by atoms with Gasteiger partial charge in [-0.2, -0.15) is 0 Å². The van der Waals surface area contributed by atoms with Crippen LogP contribution in [0.15, 0.2) is 54.6 Å². The molecule has 2 nitrogen and oxygen atoms in total. The minimum atomic E-state index is -0.436. The molecule has 0 spiro atoms. The van der Waals surface area contributed by atoms with Gasteiger partial charge in [0.05, 0.1) is 6.61 Å². The Kier molecular flexibility index (Phi) is 3.70. The van der Waals surface area contributed by atoms with E-state index in [1.807, 2.05) is 24.3 Å². The molecule has 0 amide bonds. The number of nitrogens with zero attached hydrogens (tertiary/aromatic N) is 1. The van der Waals surface area contributed by atoms with Crippen molar-refractivity contribution in [2.24, 2.45) is 0 Å². The number of fused-ring (bicyclic) bond motifs is 3. The van der Waals surface area contributed by atoms with Gasteiger partial charge >= 0.3 is 0 Å². The SMILES string of the molecule is CC1(C)c2ccccc2N2CCCOC21/C=C/c1ccc(Cl)cc1. The summed E-state index contributed by atoms with van der Waals surface area (Å²) in [5.41, 5.74) is 3.23. The van der Waals surface area contributed by atoms with Gasteiger partial charge in [0.25, 0.3) is 0 Å². The molecule has 2 aliphatic heterocycles. The summed E-state index contributed by atoms with van der Waals surface area (Å²) < 4.78 is 6.45. The number of benzene rings is 2. The quantitative estimate of drug-likeness (QED) is 0.739. The lowest BCUT2D eigenvalue weighted by Crippen LogP contribution is -2.59. The average molecular weight is 340 g/mol. The zero-order valence-electron chi connectivity index (χ0n) is 14.1. The Morgan fingerprint density at radius 3 is 2.62 bits per heavy atom. The maximum absolute atomic E-state index is 6.45. The first-order valence-corrected chi connectivity index (χ1v) is 8.88. The van der Waals surface area contributed by atoms with Crippen LogP contribution in [0.25, 0.3) is 6.08 Å². The van der Waals surface area contributed by atoms with E-state index in [0.29, 0.717) is 0 Å². The maximum atomic E-state index is 6.45. The third-order valence-corrected chi connectivity index (χ3v) is 5.64. The van der Waals surface area contributed by atoms with Crippen molar-refractivity contribution >= 4 is 23.4 Å². The van der Waals surface area contributed by atoms with Gasteiger partial charge < -0.3 is 9.64 Å². The van der Waals surface area contributed by atoms with Gasteiger partial charge in [0.2, 0.25) is 0 Å². The first-order valence-electron chi connectivity index (χ1n) is 8.50. The third-order valence-electron chi connectivity index (χ3n) is 5.38. The molecule has 0 N–H and O–H groups in total. The van der Waals surface area contributed by atoms with Gasteiger partial charge in [-0.15, -0.1) is 0 Å². The first kappa shape index (κ1) is 15.7. The second-order valence-electron chi connectivity index (χ2n) is 7.08. The Balaban J connectivity index is 1.80. The molecule has 124 valence electrons. The van der Waals surface area contributed by atoms with Crippen LogP contribution in [-0.4, -0.2) is 18.9 Å². The monoisotopic (exact) mass is 339 g/mol. The zero-order valence-corrected chi connectivity index (χ0v) is 14.9. The highest BCUT2D eigenvalue weighted by atomic mass is 35.5. The standard InChI is InChI=1S/C21H22ClNO/c1-20(2)18-6-3-4-7-19(18)23-14-5-15-24-21(20,23)13-12-16-8-10-17(22)11-9-16/h3-4,6-13H,5,14-15H2,1-2H3/b13-12+. The smallest absolute Gasteiger partial charge is 0.169 e. The summed E-state index contributed by atoms with van der Waals surface area (Å²) >= 11 is 6.00. The number of anilines is 1. The fourth-order valence-electron chi connectivity index (χ4n) is 4.07. The van der Waals surface area contributed by atoms with Crippen molar-refractivity contribution in [1.82, 2.24) is 0 Å². The largest absolute Gasteiger partial charge is 0.351 e. The molecule has 2 aromatic carbocycles. The van der Waals surface area contributed by atoms with Crippen LogP contribution < -0.4 is 4.90 Å². The van der Waals surface area contributed by atoms with Crippen molar-refractivity contribution in [3.63, 3.8) is 0 Å². The molecule has 2 heterocycles. The molecule has 1 fully saturated rings. The van der Waals surface area contributed by atoms with E-state index in [9.17, 15) is 0 Å². The topological polar surface area (TPSA) is 12.5 Å². The second-order valence-corrected chi connectivity index (χ2v) is 7.51. The van der Waals surface area contributed by atoms with Crippen LogP contribution in [-0.2, 0) is 10.2 Å². The average Bonchev–Trinajstić information content (AvgIpc) is 2.80. The summed E-state index contributed by atoms with van der Waals surface area (Å²) in [5, 5.41) is 0.759. The van der Waals surface area contributed by atoms with Crippen molar-refractivity contribution in [3.05, 3.63) is 70.8 Å². The molecule has 0 bridgehead atoms. The van der Waals surface area contributed by atoms with Crippen molar-refractivity contribution in [2.45, 2.75) is 31.4 Å². The van der Waals surface area contributed by atoms with Crippen molar-refractivity contribution in [1.29, 1.82) is 0 Å². The van der Waals surface area contributed by atoms with Crippen molar-refractivity contribution in [2.75, 3.05) is 18.1 Å². The number of para-hydroxylation sites is 1. The highest BCUT2D eigenvalue weighted by Gasteiger charge is 2.57. The summed E-state index contributed by atoms with van der Waals surface area (Å²) in [5.74, 6) is 0. The van der Waals surface area contributed by atoms with Gasteiger partial charge in [-0.05, 0) is 41.8 Å². The molecule has 3 heteroatoms. The number of rotatable bonds is 2. The predicted octanol–water partition coefficient (Wildman–Crippen LogP) is 5.27. The van der Waals surface area contributed by atoms with E-state index in [1.165, 1.54) is 11.3 Å². The van der Waals surface area contributed by atoms with E-state index in [1.54, 1.807) is 0 Å². The number of hydrogen-bond donors (Lipinski definition) is 0. The van der Waals surface area contributed by atoms with Gasteiger partial charge in [-0.3, -0.25) is 0 Å². The Morgan fingerprint density at radius 2 is 1.83 bits per heavy atom. The van der Waals surface area contributed by atoms with Gasteiger partial charge in [0, 0.05) is 22.7 Å². The minimum Gasteiger partial charge on any atom is -0.351 e. The molecule has 0 aliphatic carbocycles. The summed E-state index contributed by atoms with van der Waals surface area (Å²) in [6.07, 6.45) is 5.44. The molecule has 4 rings (SSSR count). The van der Waals surface area contributed by atoms with Crippen LogP contribution in [0.1, 0.15) is 31.4 Å². The van der Waals surface area contributed by atoms with E-state index in [-0.39, 0.29) is 5.41 Å². The molecular formula is C21H22ClNO. The highest BCUT2D eigenvalue weighted by Crippen LogP contribution is 2.54. The van der Waals surface area contributed by atoms with Crippen molar-refractivity contribution < 1.29 is 4.74 Å². The van der Waals surface area contributed by atoms with E-state index < -0.39 is 5.72 Å². The molecule has 2 aromatic rings. The molecule has 1 saturated heterocycles. The fraction of sp³-hybridized carbons (Fsp3) is 0.333. The lowest BCUT2D eigenvalue weighted by Gasteiger charge is -2.48. The zero-order chi connectivity index (χ0) is 16.8. The van der Waals surface area contributed by atoms with Crippen molar-refractivity contribution in [3.8, 4) is 0 Å². The lowest BCUT2D eigenvalue weighted by molar-refractivity contribution is -0.0682. The van der Waals surface area contributed by atoms with Crippen LogP contribution in [0.2, 0.25) is 5.02 Å². The molecule has 1 unspecified atom stereocenters. The summed E-state index contributed by atoms with van der Waals surface area (Å²) in [6, 6.07) is 16.6. The third kappa shape index (κ3) is 2.21. The molecule has 1 atom stereocenters. The number of ether oxygens (including phenoxy) is 1. The maximum Gasteiger partial charge on any atom is 0.169 e. The summed E-state index contributed by atoms with van der Waals surface area (Å²) in [6.45, 7) is 6.37. The van der Waals surface area contributed by atoms with Crippen LogP contribution >= 0.6 is 11.6 Å². The molecule has 0 aromatic heterocycles. The Labute approximate surface area is 148 Å². The Bertz CT molecular complexity index is 781. The van der Waals surface area contributed by atoms with Crippen LogP contribution in [0, 0.1) is 0 Å². The number of halogens is 1. The fourth-order valence-corrected chi connectivity index (χ4v) is 4.20. The molecule has 0 saturated carbocycles. The Morgan fingerprint density at radius 1 is 1.08 bits per heavy atom. The van der Waals surface area contributed by atoms with Gasteiger partial charge in [-0.25, -0.2) is 0 Å². The molecule has 24 heavy (non-hydrogen) atoms. The van der Waals surface area contributed by atoms with Crippen LogP contribution in [0.5, 0.6) is 0 Å². The second kappa shape index (κ2) is 5.65. The molecular weight excluding hydrogens is 318 g/mol. The predicted molar refractivity (Wildman–Crippen MR) is 101 cm³/mol. The Hall–Kier alpha value is -1.77. The van der Waals surface area contributed by atoms with E-state index >= 15 is 0 Å². The van der Waals surface area contributed by atoms with Crippen LogP contribution in [0.4, 0.5) is 5.69 Å². The first-order chi connectivity index (χ1) is 11.5. The van der Waals surface area contributed by atoms with E-state index in [2.05, 4.69) is 55.2 Å². The van der Waals surface area contributed by atoms with E-state index in [4.69, 9.17) is 16.3 Å². The molecule has 0 radical (unpaired) electrons. The minimum absolute atomic E-state index is 0.118. The summed E-state index contributed by atoms with van der Waals surface area (Å²) in [4.78, 5) is 2.43. The summed E-state index contributed by atoms with van der Waals surface area (Å²) in [7, 11) is 0. The highest BCUT2D eigenvalue weighted by molar-refractivity contribution is 6.30. The lowest BCUT2D eigenvalue weighted by atomic mass is 9.76. The molecule has 2 aliphatic rings. The van der Waals surface area contributed by atoms with Gasteiger partial charge in [0.15, 0.2) is 5.72 Å². The van der Waals surface area contributed by atoms with E-state index in [0.717, 1.165) is 30.2 Å². The van der Waals surface area contributed by atoms with Crippen LogP contribution in [0.3, 0.4) is 0 Å². The normalized spacial score (nSPS) is 24.9. The van der Waals surface area contributed by atoms with Gasteiger partial charge in [0.1, 0.15) is 0 Å².